The van der Waals surface area contributed by atoms with Gasteiger partial charge >= 0.3 is 13.1 Å². The van der Waals surface area contributed by atoms with Crippen molar-refractivity contribution in [3.8, 4) is 5.75 Å². The van der Waals surface area contributed by atoms with Gasteiger partial charge < -0.3 is 14.8 Å². The first-order valence-electron chi connectivity index (χ1n) is 6.00. The van der Waals surface area contributed by atoms with E-state index in [-0.39, 0.29) is 16.8 Å². The summed E-state index contributed by atoms with van der Waals surface area (Å²) in [4.78, 5) is 21.9. The Morgan fingerprint density at radius 1 is 1.23 bits per heavy atom. The van der Waals surface area contributed by atoms with Gasteiger partial charge in [-0.05, 0) is 23.7 Å². The Hall–Kier alpha value is -2.78. The summed E-state index contributed by atoms with van der Waals surface area (Å²) < 4.78 is 18.2. The number of carbonyl (C=O) groups excluding carboxylic acids is 1. The van der Waals surface area contributed by atoms with E-state index in [1.807, 2.05) is 0 Å². The second-order valence-electron chi connectivity index (χ2n) is 4.26. The molecule has 0 atom stereocenters. The minimum atomic E-state index is -2.00. The van der Waals surface area contributed by atoms with Crippen molar-refractivity contribution in [1.29, 1.82) is 0 Å². The fourth-order valence-corrected chi connectivity index (χ4v) is 1.69. The van der Waals surface area contributed by atoms with Crippen LogP contribution in [0.2, 0.25) is 0 Å². The average molecular weight is 305 g/mol. The van der Waals surface area contributed by atoms with Crippen LogP contribution in [0.5, 0.6) is 5.75 Å². The van der Waals surface area contributed by atoms with E-state index in [1.165, 1.54) is 18.2 Å². The monoisotopic (exact) mass is 305 g/mol. The highest BCUT2D eigenvalue weighted by atomic mass is 19.1. The molecule has 0 aliphatic heterocycles. The number of nitrogens with zero attached hydrogens (tertiary/aromatic N) is 1. The van der Waals surface area contributed by atoms with Crippen molar-refractivity contribution in [3.05, 3.63) is 64.0 Å². The Morgan fingerprint density at radius 2 is 1.91 bits per heavy atom. The van der Waals surface area contributed by atoms with E-state index in [9.17, 15) is 19.3 Å². The van der Waals surface area contributed by atoms with E-state index in [0.29, 0.717) is 0 Å². The van der Waals surface area contributed by atoms with Gasteiger partial charge in [0.05, 0.1) is 10.5 Å². The molecular weight excluding hydrogens is 296 g/mol. The lowest BCUT2D eigenvalue weighted by atomic mass is 9.79. The van der Waals surface area contributed by atoms with E-state index < -0.39 is 29.5 Å². The summed E-state index contributed by atoms with van der Waals surface area (Å²) in [6.45, 7) is 0. The van der Waals surface area contributed by atoms with Crippen LogP contribution in [0.1, 0.15) is 10.4 Å². The Bertz CT molecular complexity index is 736. The molecule has 0 spiro atoms. The third-order valence-corrected chi connectivity index (χ3v) is 2.72. The van der Waals surface area contributed by atoms with Crippen LogP contribution in [0.25, 0.3) is 0 Å². The average Bonchev–Trinajstić information content (AvgIpc) is 2.49. The van der Waals surface area contributed by atoms with Gasteiger partial charge in [0.2, 0.25) is 0 Å². The van der Waals surface area contributed by atoms with Crippen LogP contribution in [0.15, 0.2) is 42.5 Å². The van der Waals surface area contributed by atoms with Crippen LogP contribution in [-0.4, -0.2) is 28.1 Å². The second kappa shape index (κ2) is 6.33. The zero-order valence-electron chi connectivity index (χ0n) is 11.0. The van der Waals surface area contributed by atoms with Crippen LogP contribution >= 0.6 is 0 Å². The molecule has 112 valence electrons. The third-order valence-electron chi connectivity index (χ3n) is 2.72. The minimum absolute atomic E-state index is 0.255. The lowest BCUT2D eigenvalue weighted by Crippen LogP contribution is -2.31. The van der Waals surface area contributed by atoms with E-state index in [4.69, 9.17) is 14.8 Å². The summed E-state index contributed by atoms with van der Waals surface area (Å²) in [6, 6.07) is 7.97. The minimum Gasteiger partial charge on any atom is -0.423 e. The first kappa shape index (κ1) is 15.6. The molecule has 0 saturated carbocycles. The van der Waals surface area contributed by atoms with Gasteiger partial charge in [-0.2, -0.15) is 0 Å². The standard InChI is InChI=1S/C13H9BFNO6/c15-11-3-1-2-4-12(11)22-13(17)8-5-9(14(18)19)7-10(6-8)16(20)21/h1-7,18-19H. The van der Waals surface area contributed by atoms with Gasteiger partial charge in [0, 0.05) is 12.1 Å². The molecule has 0 bridgehead atoms. The van der Waals surface area contributed by atoms with E-state index in [1.54, 1.807) is 0 Å². The van der Waals surface area contributed by atoms with Crippen molar-refractivity contribution >= 4 is 24.2 Å². The number of rotatable bonds is 4. The number of esters is 1. The van der Waals surface area contributed by atoms with E-state index in [2.05, 4.69) is 0 Å². The Morgan fingerprint density at radius 3 is 2.50 bits per heavy atom. The zero-order chi connectivity index (χ0) is 16.3. The van der Waals surface area contributed by atoms with Gasteiger partial charge in [-0.1, -0.05) is 12.1 Å². The molecule has 2 rings (SSSR count). The highest BCUT2D eigenvalue weighted by Crippen LogP contribution is 2.19. The molecular formula is C13H9BFNO6. The SMILES string of the molecule is O=C(Oc1ccccc1F)c1cc(B(O)O)cc([N+](=O)[O-])c1. The second-order valence-corrected chi connectivity index (χ2v) is 4.26. The molecule has 7 nitrogen and oxygen atoms in total. The predicted octanol–water partition coefficient (Wildman–Crippen LogP) is 0.633. The fraction of sp³-hybridized carbons (Fsp3) is 0. The summed E-state index contributed by atoms with van der Waals surface area (Å²) >= 11 is 0. The molecule has 0 fully saturated rings. The fourth-order valence-electron chi connectivity index (χ4n) is 1.69. The molecule has 2 aromatic carbocycles. The molecule has 22 heavy (non-hydrogen) atoms. The number of hydrogen-bond donors (Lipinski definition) is 2. The number of para-hydroxylation sites is 1. The van der Waals surface area contributed by atoms with Gasteiger partial charge in [0.1, 0.15) is 0 Å². The third kappa shape index (κ3) is 3.46. The van der Waals surface area contributed by atoms with Crippen LogP contribution in [-0.2, 0) is 0 Å². The summed E-state index contributed by atoms with van der Waals surface area (Å²) in [5.74, 6) is -2.18. The number of non-ortho nitro benzene ring substituents is 1. The first-order chi connectivity index (χ1) is 10.4. The number of carbonyl (C=O) groups is 1. The molecule has 0 heterocycles. The number of hydrogen-bond acceptors (Lipinski definition) is 6. The molecule has 0 unspecified atom stereocenters. The Labute approximate surface area is 123 Å². The lowest BCUT2D eigenvalue weighted by Gasteiger charge is -2.07. The molecule has 2 aromatic rings. The van der Waals surface area contributed by atoms with Crippen LogP contribution in [0.3, 0.4) is 0 Å². The maximum absolute atomic E-state index is 13.4. The molecule has 0 aliphatic carbocycles. The molecule has 0 radical (unpaired) electrons. The van der Waals surface area contributed by atoms with E-state index >= 15 is 0 Å². The van der Waals surface area contributed by atoms with Crippen LogP contribution in [0, 0.1) is 15.9 Å². The van der Waals surface area contributed by atoms with Gasteiger partial charge in [-0.15, -0.1) is 0 Å². The van der Waals surface area contributed by atoms with Crippen molar-refractivity contribution in [3.63, 3.8) is 0 Å². The number of benzene rings is 2. The van der Waals surface area contributed by atoms with Gasteiger partial charge in [0.15, 0.2) is 11.6 Å². The number of ether oxygens (including phenoxy) is 1. The summed E-state index contributed by atoms with van der Waals surface area (Å²) in [7, 11) is -2.00. The molecule has 0 saturated heterocycles. The first-order valence-corrected chi connectivity index (χ1v) is 6.00. The quantitative estimate of drug-likeness (QED) is 0.282. The molecule has 2 N–H and O–H groups in total. The largest absolute Gasteiger partial charge is 0.488 e. The zero-order valence-corrected chi connectivity index (χ0v) is 11.0. The van der Waals surface area contributed by atoms with Crippen LogP contribution in [0.4, 0.5) is 10.1 Å². The maximum Gasteiger partial charge on any atom is 0.488 e. The van der Waals surface area contributed by atoms with Gasteiger partial charge in [-0.3, -0.25) is 10.1 Å². The van der Waals surface area contributed by atoms with Gasteiger partial charge in [0.25, 0.3) is 5.69 Å². The Balaban J connectivity index is 2.37. The van der Waals surface area contributed by atoms with Crippen molar-refractivity contribution < 1.29 is 28.9 Å². The van der Waals surface area contributed by atoms with Crippen molar-refractivity contribution in [1.82, 2.24) is 0 Å². The van der Waals surface area contributed by atoms with E-state index in [0.717, 1.165) is 24.3 Å². The Kier molecular flexibility index (Phi) is 4.49. The molecule has 0 aliphatic rings. The van der Waals surface area contributed by atoms with Crippen molar-refractivity contribution in [2.24, 2.45) is 0 Å². The van der Waals surface area contributed by atoms with Gasteiger partial charge in [-0.25, -0.2) is 9.18 Å². The van der Waals surface area contributed by atoms with Crippen molar-refractivity contribution in [2.75, 3.05) is 0 Å². The normalized spacial score (nSPS) is 10.1. The summed E-state index contributed by atoms with van der Waals surface area (Å²) in [5, 5.41) is 29.0. The highest BCUT2D eigenvalue weighted by molar-refractivity contribution is 6.58. The number of nitro benzene ring substituents is 1. The lowest BCUT2D eigenvalue weighted by molar-refractivity contribution is -0.384. The highest BCUT2D eigenvalue weighted by Gasteiger charge is 2.21. The van der Waals surface area contributed by atoms with Crippen molar-refractivity contribution in [2.45, 2.75) is 0 Å². The van der Waals surface area contributed by atoms with Crippen LogP contribution < -0.4 is 10.2 Å². The predicted molar refractivity (Wildman–Crippen MR) is 74.3 cm³/mol. The summed E-state index contributed by atoms with van der Waals surface area (Å²) in [5.41, 5.74) is -1.08. The number of nitro groups is 1. The maximum atomic E-state index is 13.4. The molecule has 0 amide bonds. The topological polar surface area (TPSA) is 110 Å². The molecule has 0 aromatic heterocycles. The smallest absolute Gasteiger partial charge is 0.423 e. The molecule has 9 heteroatoms. The summed E-state index contributed by atoms with van der Waals surface area (Å²) in [6.07, 6.45) is 0. The number of halogens is 1.